The number of anilines is 1. The molecule has 0 saturated carbocycles. The smallest absolute Gasteiger partial charge is 0.126 e. The molecule has 2 heterocycles. The maximum Gasteiger partial charge on any atom is 0.126 e. The van der Waals surface area contributed by atoms with Gasteiger partial charge in [0.15, 0.2) is 0 Å². The summed E-state index contributed by atoms with van der Waals surface area (Å²) in [6, 6.07) is 11.2. The van der Waals surface area contributed by atoms with Gasteiger partial charge in [-0.15, -0.1) is 0 Å². The molecule has 1 aromatic heterocycles. The Balaban J connectivity index is 1.54. The molecule has 0 spiro atoms. The van der Waals surface area contributed by atoms with Gasteiger partial charge in [-0.3, -0.25) is 0 Å². The summed E-state index contributed by atoms with van der Waals surface area (Å²) in [5, 5.41) is 5.90. The zero-order valence-electron chi connectivity index (χ0n) is 12.2. The molecule has 1 aliphatic heterocycles. The van der Waals surface area contributed by atoms with E-state index in [-0.39, 0.29) is 0 Å². The van der Waals surface area contributed by atoms with Crippen molar-refractivity contribution >= 4 is 16.6 Å². The van der Waals surface area contributed by atoms with E-state index in [4.69, 9.17) is 0 Å². The van der Waals surface area contributed by atoms with Crippen molar-refractivity contribution in [2.45, 2.75) is 32.2 Å². The van der Waals surface area contributed by atoms with E-state index in [1.165, 1.54) is 43.1 Å². The minimum absolute atomic E-state index is 0.672. The van der Waals surface area contributed by atoms with Gasteiger partial charge >= 0.3 is 0 Å². The number of likely N-dealkylation sites (tertiary alicyclic amines) is 1. The lowest BCUT2D eigenvalue weighted by molar-refractivity contribution is 0.251. The molecule has 0 amide bonds. The van der Waals surface area contributed by atoms with Crippen LogP contribution in [0, 0.1) is 0 Å². The number of rotatable bonds is 5. The Morgan fingerprint density at radius 2 is 1.95 bits per heavy atom. The maximum atomic E-state index is 4.48. The van der Waals surface area contributed by atoms with Crippen molar-refractivity contribution < 1.29 is 0 Å². The lowest BCUT2D eigenvalue weighted by atomic mass is 10.2. The van der Waals surface area contributed by atoms with Gasteiger partial charge in [-0.05, 0) is 50.7 Å². The van der Waals surface area contributed by atoms with Crippen LogP contribution < -0.4 is 5.32 Å². The zero-order chi connectivity index (χ0) is 13.8. The summed E-state index contributed by atoms with van der Waals surface area (Å²) >= 11 is 0. The summed E-state index contributed by atoms with van der Waals surface area (Å²) in [6.45, 7) is 5.87. The van der Waals surface area contributed by atoms with Crippen molar-refractivity contribution in [1.82, 2.24) is 9.88 Å². The van der Waals surface area contributed by atoms with Crippen molar-refractivity contribution in [2.24, 2.45) is 0 Å². The standard InChI is InChI=1S/C17H23N3/c1-14(20-10-4-5-11-20)8-9-18-17-12-15-6-2-3-7-16(15)13-19-17/h2-3,6-7,12-14H,4-5,8-11H2,1H3,(H,18,19). The molecule has 1 unspecified atom stereocenters. The molecule has 1 atom stereocenters. The second kappa shape index (κ2) is 6.23. The highest BCUT2D eigenvalue weighted by molar-refractivity contribution is 5.83. The molecule has 3 rings (SSSR count). The van der Waals surface area contributed by atoms with E-state index < -0.39 is 0 Å². The highest BCUT2D eigenvalue weighted by Gasteiger charge is 2.17. The van der Waals surface area contributed by atoms with Crippen LogP contribution in [0.25, 0.3) is 10.8 Å². The predicted octanol–water partition coefficient (Wildman–Crippen LogP) is 3.52. The largest absolute Gasteiger partial charge is 0.370 e. The van der Waals surface area contributed by atoms with E-state index in [1.54, 1.807) is 0 Å². The molecule has 1 aromatic carbocycles. The fraction of sp³-hybridized carbons (Fsp3) is 0.471. The third-order valence-corrected chi connectivity index (χ3v) is 4.26. The van der Waals surface area contributed by atoms with Crippen LogP contribution >= 0.6 is 0 Å². The molecule has 2 aromatic rings. The summed E-state index contributed by atoms with van der Waals surface area (Å²) in [5.41, 5.74) is 0. The molecule has 0 bridgehead atoms. The average Bonchev–Trinajstić information content (AvgIpc) is 3.01. The molecule has 1 N–H and O–H groups in total. The number of nitrogens with zero attached hydrogens (tertiary/aromatic N) is 2. The lowest BCUT2D eigenvalue weighted by Crippen LogP contribution is -2.31. The normalized spacial score (nSPS) is 17.4. The number of nitrogens with one attached hydrogen (secondary N) is 1. The van der Waals surface area contributed by atoms with E-state index >= 15 is 0 Å². The van der Waals surface area contributed by atoms with E-state index in [0.717, 1.165) is 12.4 Å². The second-order valence-corrected chi connectivity index (χ2v) is 5.72. The van der Waals surface area contributed by atoms with Gasteiger partial charge in [0.2, 0.25) is 0 Å². The summed E-state index contributed by atoms with van der Waals surface area (Å²) in [6.07, 6.45) is 5.85. The molecule has 106 valence electrons. The van der Waals surface area contributed by atoms with Crippen LogP contribution in [-0.2, 0) is 0 Å². The van der Waals surface area contributed by atoms with Gasteiger partial charge in [0.25, 0.3) is 0 Å². The quantitative estimate of drug-likeness (QED) is 0.900. The molecular weight excluding hydrogens is 246 g/mol. The van der Waals surface area contributed by atoms with E-state index in [1.807, 2.05) is 6.20 Å². The Hall–Kier alpha value is -1.61. The van der Waals surface area contributed by atoms with Crippen LogP contribution in [-0.4, -0.2) is 35.6 Å². The summed E-state index contributed by atoms with van der Waals surface area (Å²) in [5.74, 6) is 0.984. The number of hydrogen-bond acceptors (Lipinski definition) is 3. The van der Waals surface area contributed by atoms with Crippen LogP contribution in [0.3, 0.4) is 0 Å². The number of pyridine rings is 1. The summed E-state index contributed by atoms with van der Waals surface area (Å²) in [7, 11) is 0. The molecular formula is C17H23N3. The Morgan fingerprint density at radius 3 is 2.75 bits per heavy atom. The van der Waals surface area contributed by atoms with Crippen LogP contribution in [0.4, 0.5) is 5.82 Å². The van der Waals surface area contributed by atoms with Gasteiger partial charge in [0.05, 0.1) is 0 Å². The first-order valence-corrected chi connectivity index (χ1v) is 7.65. The number of hydrogen-bond donors (Lipinski definition) is 1. The van der Waals surface area contributed by atoms with Gasteiger partial charge in [-0.2, -0.15) is 0 Å². The first-order chi connectivity index (χ1) is 9.83. The molecule has 0 radical (unpaired) electrons. The first kappa shape index (κ1) is 13.4. The summed E-state index contributed by atoms with van der Waals surface area (Å²) < 4.78 is 0. The van der Waals surface area contributed by atoms with E-state index in [0.29, 0.717) is 6.04 Å². The van der Waals surface area contributed by atoms with Crippen LogP contribution in [0.5, 0.6) is 0 Å². The van der Waals surface area contributed by atoms with E-state index in [9.17, 15) is 0 Å². The van der Waals surface area contributed by atoms with Crippen LogP contribution in [0.2, 0.25) is 0 Å². The average molecular weight is 269 g/mol. The Kier molecular flexibility index (Phi) is 4.16. The third kappa shape index (κ3) is 3.10. The first-order valence-electron chi connectivity index (χ1n) is 7.65. The molecule has 3 heteroatoms. The maximum absolute atomic E-state index is 4.48. The number of benzene rings is 1. The molecule has 1 saturated heterocycles. The monoisotopic (exact) mass is 269 g/mol. The van der Waals surface area contributed by atoms with Crippen molar-refractivity contribution in [2.75, 3.05) is 25.0 Å². The highest BCUT2D eigenvalue weighted by atomic mass is 15.2. The van der Waals surface area contributed by atoms with Crippen LogP contribution in [0.15, 0.2) is 36.5 Å². The Labute approximate surface area is 121 Å². The van der Waals surface area contributed by atoms with Gasteiger partial charge in [-0.25, -0.2) is 4.98 Å². The molecule has 1 aliphatic rings. The van der Waals surface area contributed by atoms with Gasteiger partial charge in [0.1, 0.15) is 5.82 Å². The Bertz CT molecular complexity index is 561. The van der Waals surface area contributed by atoms with Crippen molar-refractivity contribution in [3.8, 4) is 0 Å². The van der Waals surface area contributed by atoms with Gasteiger partial charge in [-0.1, -0.05) is 24.3 Å². The minimum Gasteiger partial charge on any atom is -0.370 e. The minimum atomic E-state index is 0.672. The number of fused-ring (bicyclic) bond motifs is 1. The van der Waals surface area contributed by atoms with Gasteiger partial charge < -0.3 is 10.2 Å². The molecule has 1 fully saturated rings. The summed E-state index contributed by atoms with van der Waals surface area (Å²) in [4.78, 5) is 7.07. The molecule has 0 aliphatic carbocycles. The molecule has 20 heavy (non-hydrogen) atoms. The number of aromatic nitrogens is 1. The molecule has 3 nitrogen and oxygen atoms in total. The SMILES string of the molecule is CC(CCNc1cc2ccccc2cn1)N1CCCC1. The predicted molar refractivity (Wildman–Crippen MR) is 85.1 cm³/mol. The highest BCUT2D eigenvalue weighted by Crippen LogP contribution is 2.17. The fourth-order valence-corrected chi connectivity index (χ4v) is 2.95. The second-order valence-electron chi connectivity index (χ2n) is 5.72. The van der Waals surface area contributed by atoms with Crippen LogP contribution in [0.1, 0.15) is 26.2 Å². The zero-order valence-corrected chi connectivity index (χ0v) is 12.2. The van der Waals surface area contributed by atoms with E-state index in [2.05, 4.69) is 52.5 Å². The fourth-order valence-electron chi connectivity index (χ4n) is 2.95. The Morgan fingerprint density at radius 1 is 1.20 bits per heavy atom. The van der Waals surface area contributed by atoms with Gasteiger partial charge in [0, 0.05) is 24.2 Å². The van der Waals surface area contributed by atoms with Crippen molar-refractivity contribution in [1.29, 1.82) is 0 Å². The van der Waals surface area contributed by atoms with Crippen molar-refractivity contribution in [3.05, 3.63) is 36.5 Å². The lowest BCUT2D eigenvalue weighted by Gasteiger charge is -2.23. The topological polar surface area (TPSA) is 28.2 Å². The third-order valence-electron chi connectivity index (χ3n) is 4.26. The van der Waals surface area contributed by atoms with Crippen molar-refractivity contribution in [3.63, 3.8) is 0 Å².